The van der Waals surface area contributed by atoms with Gasteiger partial charge in [0, 0.05) is 11.8 Å². The molecule has 2 rings (SSSR count). The van der Waals surface area contributed by atoms with Crippen molar-refractivity contribution in [2.75, 3.05) is 5.32 Å². The zero-order valence-corrected chi connectivity index (χ0v) is 11.1. The van der Waals surface area contributed by atoms with Crippen molar-refractivity contribution in [2.45, 2.75) is 12.5 Å². The second kappa shape index (κ2) is 7.14. The van der Waals surface area contributed by atoms with Gasteiger partial charge in [0.2, 0.25) is 0 Å². The molecule has 2 N–H and O–H groups in total. The maximum atomic E-state index is 10.6. The molecule has 2 aromatic rings. The third kappa shape index (κ3) is 4.28. The molecule has 0 aliphatic rings. The van der Waals surface area contributed by atoms with Gasteiger partial charge in [-0.1, -0.05) is 54.6 Å². The molecule has 3 nitrogen and oxygen atoms in total. The molecule has 102 valence electrons. The number of carboxylic acid groups (broad SMARTS) is 1. The lowest BCUT2D eigenvalue weighted by Gasteiger charge is -2.19. The van der Waals surface area contributed by atoms with Crippen molar-refractivity contribution in [3.05, 3.63) is 78.4 Å². The molecule has 1 atom stereocenters. The molecule has 0 spiro atoms. The minimum absolute atomic E-state index is 0.0502. The molecule has 20 heavy (non-hydrogen) atoms. The van der Waals surface area contributed by atoms with E-state index in [1.807, 2.05) is 60.7 Å². The predicted octanol–water partition coefficient (Wildman–Crippen LogP) is 3.87. The van der Waals surface area contributed by atoms with Gasteiger partial charge in [0.25, 0.3) is 0 Å². The highest BCUT2D eigenvalue weighted by atomic mass is 16.4. The van der Waals surface area contributed by atoms with E-state index in [4.69, 9.17) is 5.11 Å². The van der Waals surface area contributed by atoms with Crippen molar-refractivity contribution in [3.8, 4) is 0 Å². The minimum atomic E-state index is -0.920. The third-order valence-electron chi connectivity index (χ3n) is 2.95. The Morgan fingerprint density at radius 1 is 1.05 bits per heavy atom. The Kier molecular flexibility index (Phi) is 4.95. The number of hydrogen-bond donors (Lipinski definition) is 2. The van der Waals surface area contributed by atoms with Gasteiger partial charge in [0.05, 0.1) is 6.04 Å². The molecular weight excluding hydrogens is 250 g/mol. The van der Waals surface area contributed by atoms with Gasteiger partial charge in [0.15, 0.2) is 0 Å². The lowest BCUT2D eigenvalue weighted by molar-refractivity contribution is -0.131. The zero-order valence-electron chi connectivity index (χ0n) is 11.1. The standard InChI is InChI=1S/C17H17NO2/c19-17(20)13-7-12-16(14-8-3-1-4-9-14)18-15-10-5-2-6-11-15/h1-11,13,16,18H,12H2,(H,19,20)/b13-7+. The van der Waals surface area contributed by atoms with E-state index in [-0.39, 0.29) is 6.04 Å². The Hall–Kier alpha value is -2.55. The van der Waals surface area contributed by atoms with Crippen molar-refractivity contribution >= 4 is 11.7 Å². The molecule has 0 fully saturated rings. The van der Waals surface area contributed by atoms with Crippen LogP contribution in [0.5, 0.6) is 0 Å². The van der Waals surface area contributed by atoms with Gasteiger partial charge in [-0.05, 0) is 24.1 Å². The number of hydrogen-bond acceptors (Lipinski definition) is 2. The van der Waals surface area contributed by atoms with Crippen molar-refractivity contribution in [1.29, 1.82) is 0 Å². The summed E-state index contributed by atoms with van der Waals surface area (Å²) in [6.45, 7) is 0. The summed E-state index contributed by atoms with van der Waals surface area (Å²) in [7, 11) is 0. The van der Waals surface area contributed by atoms with Gasteiger partial charge in [-0.15, -0.1) is 0 Å². The maximum absolute atomic E-state index is 10.6. The molecule has 0 aliphatic heterocycles. The first kappa shape index (κ1) is 13.9. The second-order valence-corrected chi connectivity index (χ2v) is 4.45. The van der Waals surface area contributed by atoms with Crippen LogP contribution in [0.1, 0.15) is 18.0 Å². The first-order valence-corrected chi connectivity index (χ1v) is 6.51. The van der Waals surface area contributed by atoms with Crippen LogP contribution in [0.25, 0.3) is 0 Å². The smallest absolute Gasteiger partial charge is 0.327 e. The highest BCUT2D eigenvalue weighted by Crippen LogP contribution is 2.22. The van der Waals surface area contributed by atoms with Gasteiger partial charge >= 0.3 is 5.97 Å². The number of anilines is 1. The van der Waals surface area contributed by atoms with Gasteiger partial charge in [0.1, 0.15) is 0 Å². The monoisotopic (exact) mass is 267 g/mol. The van der Waals surface area contributed by atoms with Crippen LogP contribution in [0.4, 0.5) is 5.69 Å². The normalized spacial score (nSPS) is 12.2. The van der Waals surface area contributed by atoms with E-state index in [0.29, 0.717) is 6.42 Å². The van der Waals surface area contributed by atoms with E-state index in [2.05, 4.69) is 5.32 Å². The summed E-state index contributed by atoms with van der Waals surface area (Å²) in [5.41, 5.74) is 2.15. The summed E-state index contributed by atoms with van der Waals surface area (Å²) in [5.74, 6) is -0.920. The van der Waals surface area contributed by atoms with Crippen molar-refractivity contribution in [3.63, 3.8) is 0 Å². The summed E-state index contributed by atoms with van der Waals surface area (Å²) in [5, 5.41) is 12.1. The Labute approximate surface area is 118 Å². The largest absolute Gasteiger partial charge is 0.478 e. The molecule has 0 saturated carbocycles. The van der Waals surface area contributed by atoms with E-state index >= 15 is 0 Å². The highest BCUT2D eigenvalue weighted by Gasteiger charge is 2.09. The number of benzene rings is 2. The second-order valence-electron chi connectivity index (χ2n) is 4.45. The zero-order chi connectivity index (χ0) is 14.2. The first-order chi connectivity index (χ1) is 9.75. The topological polar surface area (TPSA) is 49.3 Å². The summed E-state index contributed by atoms with van der Waals surface area (Å²) < 4.78 is 0. The molecule has 0 radical (unpaired) electrons. The molecular formula is C17H17NO2. The number of aliphatic carboxylic acids is 1. The SMILES string of the molecule is O=C(O)/C=C/CC(Nc1ccccc1)c1ccccc1. The molecule has 0 amide bonds. The van der Waals surface area contributed by atoms with Gasteiger partial charge < -0.3 is 10.4 Å². The van der Waals surface area contributed by atoms with E-state index in [1.54, 1.807) is 6.08 Å². The number of nitrogens with one attached hydrogen (secondary N) is 1. The van der Waals surface area contributed by atoms with Gasteiger partial charge in [-0.25, -0.2) is 4.79 Å². The van der Waals surface area contributed by atoms with Gasteiger partial charge in [-0.2, -0.15) is 0 Å². The van der Waals surface area contributed by atoms with E-state index < -0.39 is 5.97 Å². The van der Waals surface area contributed by atoms with Crippen LogP contribution >= 0.6 is 0 Å². The van der Waals surface area contributed by atoms with Crippen molar-refractivity contribution < 1.29 is 9.90 Å². The van der Waals surface area contributed by atoms with Crippen LogP contribution in [0, 0.1) is 0 Å². The summed E-state index contributed by atoms with van der Waals surface area (Å²) in [6.07, 6.45) is 3.48. The average Bonchev–Trinajstić information content (AvgIpc) is 2.48. The van der Waals surface area contributed by atoms with Crippen LogP contribution < -0.4 is 5.32 Å². The third-order valence-corrected chi connectivity index (χ3v) is 2.95. The molecule has 0 aliphatic carbocycles. The van der Waals surface area contributed by atoms with Crippen molar-refractivity contribution in [1.82, 2.24) is 0 Å². The highest BCUT2D eigenvalue weighted by molar-refractivity contribution is 5.79. The fourth-order valence-electron chi connectivity index (χ4n) is 2.00. The number of carboxylic acids is 1. The summed E-state index contributed by atoms with van der Waals surface area (Å²) in [6, 6.07) is 20.0. The molecule has 2 aromatic carbocycles. The van der Waals surface area contributed by atoms with Crippen LogP contribution in [0.2, 0.25) is 0 Å². The average molecular weight is 267 g/mol. The molecule has 0 saturated heterocycles. The van der Waals surface area contributed by atoms with Gasteiger partial charge in [-0.3, -0.25) is 0 Å². The fourth-order valence-corrected chi connectivity index (χ4v) is 2.00. The lowest BCUT2D eigenvalue weighted by atomic mass is 10.0. The maximum Gasteiger partial charge on any atom is 0.327 e. The molecule has 3 heteroatoms. The van der Waals surface area contributed by atoms with E-state index in [0.717, 1.165) is 11.3 Å². The molecule has 1 unspecified atom stereocenters. The summed E-state index contributed by atoms with van der Waals surface area (Å²) in [4.78, 5) is 10.6. The van der Waals surface area contributed by atoms with Crippen LogP contribution in [-0.2, 0) is 4.79 Å². The Balaban J connectivity index is 2.14. The fraction of sp³-hybridized carbons (Fsp3) is 0.118. The first-order valence-electron chi connectivity index (χ1n) is 6.51. The molecule has 0 aromatic heterocycles. The molecule has 0 bridgehead atoms. The predicted molar refractivity (Wildman–Crippen MR) is 80.6 cm³/mol. The Morgan fingerprint density at radius 3 is 2.25 bits per heavy atom. The minimum Gasteiger partial charge on any atom is -0.478 e. The van der Waals surface area contributed by atoms with E-state index in [1.165, 1.54) is 6.08 Å². The lowest BCUT2D eigenvalue weighted by Crippen LogP contribution is -2.10. The van der Waals surface area contributed by atoms with E-state index in [9.17, 15) is 4.79 Å². The van der Waals surface area contributed by atoms with Crippen molar-refractivity contribution in [2.24, 2.45) is 0 Å². The molecule has 0 heterocycles. The quantitative estimate of drug-likeness (QED) is 0.781. The number of rotatable bonds is 6. The Bertz CT molecular complexity index is 564. The van der Waals surface area contributed by atoms with Crippen LogP contribution in [0.3, 0.4) is 0 Å². The number of carbonyl (C=O) groups is 1. The summed E-state index contributed by atoms with van der Waals surface area (Å²) >= 11 is 0. The number of para-hydroxylation sites is 1. The van der Waals surface area contributed by atoms with Crippen LogP contribution in [0.15, 0.2) is 72.8 Å². The Morgan fingerprint density at radius 2 is 1.65 bits per heavy atom. The van der Waals surface area contributed by atoms with Crippen LogP contribution in [-0.4, -0.2) is 11.1 Å².